The smallest absolute Gasteiger partial charge is 0.339 e. The highest BCUT2D eigenvalue weighted by atomic mass is 16.5. The lowest BCUT2D eigenvalue weighted by molar-refractivity contribution is -0.117. The number of methoxy groups -OCH3 is 1. The van der Waals surface area contributed by atoms with Crippen molar-refractivity contribution >= 4 is 29.2 Å². The van der Waals surface area contributed by atoms with E-state index in [-0.39, 0.29) is 17.7 Å². The van der Waals surface area contributed by atoms with Gasteiger partial charge in [0.15, 0.2) is 0 Å². The number of hydrogen-bond acceptors (Lipinski definition) is 4. The molecule has 1 fully saturated rings. The minimum Gasteiger partial charge on any atom is -0.465 e. The first-order valence-corrected chi connectivity index (χ1v) is 8.96. The molecule has 1 aliphatic rings. The molecule has 7 heteroatoms. The lowest BCUT2D eigenvalue weighted by atomic mass is 10.1. The van der Waals surface area contributed by atoms with E-state index in [1.165, 1.54) is 7.11 Å². The van der Waals surface area contributed by atoms with Gasteiger partial charge in [-0.05, 0) is 56.0 Å². The molecule has 27 heavy (non-hydrogen) atoms. The molecule has 1 saturated carbocycles. The van der Waals surface area contributed by atoms with Crippen LogP contribution in [0.3, 0.4) is 0 Å². The van der Waals surface area contributed by atoms with E-state index < -0.39 is 5.97 Å². The van der Waals surface area contributed by atoms with Gasteiger partial charge in [-0.3, -0.25) is 9.59 Å². The van der Waals surface area contributed by atoms with Gasteiger partial charge in [-0.15, -0.1) is 0 Å². The average molecular weight is 369 g/mol. The number of esters is 1. The van der Waals surface area contributed by atoms with Crippen molar-refractivity contribution in [1.82, 2.24) is 4.98 Å². The number of amides is 2. The second-order valence-electron chi connectivity index (χ2n) is 6.62. The number of anilines is 2. The van der Waals surface area contributed by atoms with Crippen LogP contribution in [0.25, 0.3) is 0 Å². The van der Waals surface area contributed by atoms with Crippen molar-refractivity contribution in [2.45, 2.75) is 33.1 Å². The van der Waals surface area contributed by atoms with E-state index in [0.717, 1.165) is 12.8 Å². The maximum Gasteiger partial charge on any atom is 0.339 e. The highest BCUT2D eigenvalue weighted by Gasteiger charge is 2.29. The summed E-state index contributed by atoms with van der Waals surface area (Å²) in [6, 6.07) is 6.94. The second-order valence-corrected chi connectivity index (χ2v) is 6.62. The fourth-order valence-electron chi connectivity index (χ4n) is 2.95. The molecule has 0 unspecified atom stereocenters. The first kappa shape index (κ1) is 18.7. The van der Waals surface area contributed by atoms with E-state index >= 15 is 0 Å². The Labute approximate surface area is 157 Å². The van der Waals surface area contributed by atoms with Crippen LogP contribution in [-0.2, 0) is 16.0 Å². The molecule has 1 aliphatic carbocycles. The van der Waals surface area contributed by atoms with Crippen LogP contribution in [0.1, 0.15) is 51.9 Å². The van der Waals surface area contributed by atoms with Crippen LogP contribution in [0, 0.1) is 12.8 Å². The second kappa shape index (κ2) is 7.65. The summed E-state index contributed by atoms with van der Waals surface area (Å²) in [5, 5.41) is 5.65. The van der Waals surface area contributed by atoms with E-state index in [2.05, 4.69) is 15.6 Å². The highest BCUT2D eigenvalue weighted by molar-refractivity contribution is 6.07. The van der Waals surface area contributed by atoms with Crippen molar-refractivity contribution in [2.75, 3.05) is 17.7 Å². The lowest BCUT2D eigenvalue weighted by Crippen LogP contribution is -2.15. The van der Waals surface area contributed by atoms with E-state index in [0.29, 0.717) is 40.3 Å². The molecular weight excluding hydrogens is 346 g/mol. The zero-order chi connectivity index (χ0) is 19.6. The molecule has 2 aromatic rings. The van der Waals surface area contributed by atoms with Gasteiger partial charge >= 0.3 is 5.97 Å². The van der Waals surface area contributed by atoms with Crippen LogP contribution in [0.15, 0.2) is 24.3 Å². The Morgan fingerprint density at radius 2 is 1.70 bits per heavy atom. The molecule has 1 aromatic carbocycles. The summed E-state index contributed by atoms with van der Waals surface area (Å²) in [5.41, 5.74) is 3.26. The molecule has 0 radical (unpaired) electrons. The first-order valence-electron chi connectivity index (χ1n) is 8.96. The first-order chi connectivity index (χ1) is 12.9. The molecule has 3 N–H and O–H groups in total. The third kappa shape index (κ3) is 4.02. The van der Waals surface area contributed by atoms with E-state index in [4.69, 9.17) is 4.74 Å². The van der Waals surface area contributed by atoms with Crippen molar-refractivity contribution in [1.29, 1.82) is 0 Å². The van der Waals surface area contributed by atoms with Crippen LogP contribution < -0.4 is 10.6 Å². The van der Waals surface area contributed by atoms with Gasteiger partial charge in [0.1, 0.15) is 5.69 Å². The van der Waals surface area contributed by atoms with E-state index in [9.17, 15) is 14.4 Å². The quantitative estimate of drug-likeness (QED) is 0.680. The van der Waals surface area contributed by atoms with Crippen molar-refractivity contribution in [3.8, 4) is 0 Å². The number of H-pyrrole nitrogens is 1. The third-order valence-electron chi connectivity index (χ3n) is 4.66. The fraction of sp³-hybridized carbons (Fsp3) is 0.350. The number of hydrogen-bond donors (Lipinski definition) is 3. The average Bonchev–Trinajstić information content (AvgIpc) is 3.46. The number of benzene rings is 1. The van der Waals surface area contributed by atoms with E-state index in [1.807, 2.05) is 6.92 Å². The zero-order valence-electron chi connectivity index (χ0n) is 15.6. The summed E-state index contributed by atoms with van der Waals surface area (Å²) in [4.78, 5) is 39.4. The van der Waals surface area contributed by atoms with Gasteiger partial charge < -0.3 is 20.4 Å². The van der Waals surface area contributed by atoms with Gasteiger partial charge in [-0.1, -0.05) is 6.92 Å². The number of carbonyl (C=O) groups is 3. The monoisotopic (exact) mass is 369 g/mol. The van der Waals surface area contributed by atoms with Crippen molar-refractivity contribution < 1.29 is 19.1 Å². The molecule has 0 aliphatic heterocycles. The maximum atomic E-state index is 12.6. The van der Waals surface area contributed by atoms with Crippen molar-refractivity contribution in [3.63, 3.8) is 0 Å². The summed E-state index contributed by atoms with van der Waals surface area (Å²) in [7, 11) is 1.32. The Hall–Kier alpha value is -3.09. The lowest BCUT2D eigenvalue weighted by Gasteiger charge is -2.08. The normalized spacial score (nSPS) is 13.1. The van der Waals surface area contributed by atoms with Crippen LogP contribution in [0.2, 0.25) is 0 Å². The molecule has 0 spiro atoms. The van der Waals surface area contributed by atoms with Crippen molar-refractivity contribution in [2.24, 2.45) is 5.92 Å². The number of aromatic amines is 1. The largest absolute Gasteiger partial charge is 0.465 e. The number of nitrogens with one attached hydrogen (secondary N) is 3. The molecule has 0 atom stereocenters. The molecule has 2 amide bonds. The molecule has 142 valence electrons. The molecule has 0 saturated heterocycles. The Kier molecular flexibility index (Phi) is 5.30. The number of aryl methyl sites for hydroxylation is 1. The summed E-state index contributed by atoms with van der Waals surface area (Å²) >= 11 is 0. The molecule has 3 rings (SSSR count). The van der Waals surface area contributed by atoms with Crippen LogP contribution in [0.5, 0.6) is 0 Å². The summed E-state index contributed by atoms with van der Waals surface area (Å²) in [6.45, 7) is 3.61. The maximum absolute atomic E-state index is 12.6. The van der Waals surface area contributed by atoms with Crippen LogP contribution >= 0.6 is 0 Å². The van der Waals surface area contributed by atoms with Gasteiger partial charge in [-0.2, -0.15) is 0 Å². The minimum absolute atomic E-state index is 0.0382. The predicted octanol–water partition coefficient (Wildman–Crippen LogP) is 3.27. The van der Waals surface area contributed by atoms with Gasteiger partial charge in [0, 0.05) is 23.0 Å². The Bertz CT molecular complexity index is 879. The van der Waals surface area contributed by atoms with Crippen LogP contribution in [-0.4, -0.2) is 29.9 Å². The Morgan fingerprint density at radius 1 is 1.11 bits per heavy atom. The topological polar surface area (TPSA) is 100 Å². The fourth-order valence-corrected chi connectivity index (χ4v) is 2.95. The van der Waals surface area contributed by atoms with E-state index in [1.54, 1.807) is 31.2 Å². The number of rotatable bonds is 6. The number of aromatic nitrogens is 1. The van der Waals surface area contributed by atoms with Gasteiger partial charge in [0.05, 0.1) is 12.7 Å². The van der Waals surface area contributed by atoms with Crippen molar-refractivity contribution in [3.05, 3.63) is 46.8 Å². The van der Waals surface area contributed by atoms with Gasteiger partial charge in [0.2, 0.25) is 5.91 Å². The Morgan fingerprint density at radius 3 is 2.22 bits per heavy atom. The summed E-state index contributed by atoms with van der Waals surface area (Å²) in [5.74, 6) is -0.629. The SMILES string of the molecule is CCc1[nH]c(C(=O)Nc2ccc(NC(=O)C3CC3)cc2)c(C)c1C(=O)OC. The number of carbonyl (C=O) groups excluding carboxylic acids is 3. The summed E-state index contributed by atoms with van der Waals surface area (Å²) < 4.78 is 4.81. The molecule has 1 heterocycles. The van der Waals surface area contributed by atoms with Gasteiger partial charge in [-0.25, -0.2) is 4.79 Å². The zero-order valence-corrected chi connectivity index (χ0v) is 15.6. The standard InChI is InChI=1S/C20H23N3O4/c1-4-15-16(20(26)27-3)11(2)17(23-15)19(25)22-14-9-7-13(8-10-14)21-18(24)12-5-6-12/h7-10,12,23H,4-6H2,1-3H3,(H,21,24)(H,22,25). The molecule has 7 nitrogen and oxygen atoms in total. The predicted molar refractivity (Wildman–Crippen MR) is 102 cm³/mol. The third-order valence-corrected chi connectivity index (χ3v) is 4.66. The Balaban J connectivity index is 1.72. The minimum atomic E-state index is -0.463. The number of ether oxygens (including phenoxy) is 1. The molecule has 0 bridgehead atoms. The highest BCUT2D eigenvalue weighted by Crippen LogP contribution is 2.30. The van der Waals surface area contributed by atoms with Gasteiger partial charge in [0.25, 0.3) is 5.91 Å². The molecular formula is C20H23N3O4. The summed E-state index contributed by atoms with van der Waals surface area (Å²) in [6.07, 6.45) is 2.47. The molecule has 1 aromatic heterocycles. The van der Waals surface area contributed by atoms with Crippen LogP contribution in [0.4, 0.5) is 11.4 Å².